The van der Waals surface area contributed by atoms with Crippen molar-refractivity contribution in [2.24, 2.45) is 0 Å². The lowest BCUT2D eigenvalue weighted by molar-refractivity contribution is 0.339. The van der Waals surface area contributed by atoms with Crippen molar-refractivity contribution < 1.29 is 8.85 Å². The molecule has 0 unspecified atom stereocenters. The molecule has 0 bridgehead atoms. The highest BCUT2D eigenvalue weighted by Gasteiger charge is 2.19. The van der Waals surface area contributed by atoms with Gasteiger partial charge in [-0.15, -0.1) is 0 Å². The van der Waals surface area contributed by atoms with Crippen molar-refractivity contribution in [3.05, 3.63) is 0 Å². The molecule has 0 N–H and O–H groups in total. The molecule has 0 aromatic rings. The summed E-state index contributed by atoms with van der Waals surface area (Å²) in [6.07, 6.45) is 0. The van der Waals surface area contributed by atoms with E-state index < -0.39 is 16.6 Å². The molecule has 0 heterocycles. The van der Waals surface area contributed by atoms with E-state index in [-0.39, 0.29) is 0 Å². The summed E-state index contributed by atoms with van der Waals surface area (Å²) in [4.78, 5) is 0. The molecule has 0 aliphatic carbocycles. The van der Waals surface area contributed by atoms with E-state index in [0.29, 0.717) is 0 Å². The minimum Gasteiger partial charge on any atom is -0.406 e. The quantitative estimate of drug-likeness (QED) is 0.567. The van der Waals surface area contributed by atoms with Crippen molar-refractivity contribution in [2.45, 2.75) is 40.0 Å². The zero-order valence-corrected chi connectivity index (χ0v) is 13.2. The molecular formula is C12H22O2Si2. The van der Waals surface area contributed by atoms with Crippen LogP contribution in [0.1, 0.15) is 13.8 Å². The largest absolute Gasteiger partial charge is 0.406 e. The molecular weight excluding hydrogens is 232 g/mol. The van der Waals surface area contributed by atoms with Gasteiger partial charge in [-0.05, 0) is 51.9 Å². The molecule has 0 aromatic carbocycles. The van der Waals surface area contributed by atoms with Crippen LogP contribution in [0.2, 0.25) is 26.2 Å². The molecule has 4 heteroatoms. The van der Waals surface area contributed by atoms with Gasteiger partial charge in [-0.3, -0.25) is 0 Å². The fourth-order valence-corrected chi connectivity index (χ4v) is 3.47. The lowest BCUT2D eigenvalue weighted by atomic mass is 10.7. The predicted octanol–water partition coefficient (Wildman–Crippen LogP) is 2.55. The molecule has 0 rings (SSSR count). The Morgan fingerprint density at radius 2 is 1.06 bits per heavy atom. The van der Waals surface area contributed by atoms with E-state index in [9.17, 15) is 0 Å². The van der Waals surface area contributed by atoms with Gasteiger partial charge in [0.25, 0.3) is 16.6 Å². The van der Waals surface area contributed by atoms with Gasteiger partial charge in [-0.1, -0.05) is 11.1 Å². The third-order valence-corrected chi connectivity index (χ3v) is 5.27. The molecule has 16 heavy (non-hydrogen) atoms. The van der Waals surface area contributed by atoms with E-state index in [2.05, 4.69) is 49.1 Å². The Morgan fingerprint density at radius 3 is 1.31 bits per heavy atom. The third-order valence-electron chi connectivity index (χ3n) is 1.80. The Hall–Kier alpha value is -0.526. The predicted molar refractivity (Wildman–Crippen MR) is 73.8 cm³/mol. The highest BCUT2D eigenvalue weighted by atomic mass is 28.4. The summed E-state index contributed by atoms with van der Waals surface area (Å²) in [5.41, 5.74) is 6.27. The summed E-state index contributed by atoms with van der Waals surface area (Å²) in [5, 5.41) is 0. The summed E-state index contributed by atoms with van der Waals surface area (Å²) in [7, 11) is -3.61. The first-order chi connectivity index (χ1) is 7.33. The summed E-state index contributed by atoms with van der Waals surface area (Å²) in [6, 6.07) is 0. The summed E-state index contributed by atoms with van der Waals surface area (Å²) in [6.45, 7) is 13.8. The van der Waals surface area contributed by atoms with Gasteiger partial charge in [0.05, 0.1) is 0 Å². The Morgan fingerprint density at radius 1 is 0.750 bits per heavy atom. The molecule has 0 saturated carbocycles. The van der Waals surface area contributed by atoms with E-state index in [4.69, 9.17) is 8.85 Å². The van der Waals surface area contributed by atoms with Gasteiger partial charge >= 0.3 is 0 Å². The second-order valence-electron chi connectivity index (χ2n) is 4.39. The van der Waals surface area contributed by atoms with Gasteiger partial charge in [-0.2, -0.15) is 0 Å². The average Bonchev–Trinajstić information content (AvgIpc) is 2.12. The number of hydrogen-bond acceptors (Lipinski definition) is 2. The van der Waals surface area contributed by atoms with Crippen LogP contribution in [0.15, 0.2) is 0 Å². The molecule has 0 radical (unpaired) electrons. The van der Waals surface area contributed by atoms with Crippen LogP contribution >= 0.6 is 0 Å². The van der Waals surface area contributed by atoms with Crippen LogP contribution < -0.4 is 0 Å². The van der Waals surface area contributed by atoms with Gasteiger partial charge in [0.1, 0.15) is 0 Å². The SMILES string of the molecule is CCO[Si](C)(C)C#CC#C[Si](C)(C)OCC. The van der Waals surface area contributed by atoms with E-state index in [0.717, 1.165) is 13.2 Å². The number of rotatable bonds is 4. The molecule has 2 nitrogen and oxygen atoms in total. The molecule has 0 saturated heterocycles. The van der Waals surface area contributed by atoms with E-state index >= 15 is 0 Å². The Balaban J connectivity index is 4.45. The highest BCUT2D eigenvalue weighted by Crippen LogP contribution is 2.02. The maximum Gasteiger partial charge on any atom is 0.267 e. The molecule has 0 fully saturated rings. The van der Waals surface area contributed by atoms with Crippen LogP contribution in [-0.4, -0.2) is 29.8 Å². The fraction of sp³-hybridized carbons (Fsp3) is 0.667. The van der Waals surface area contributed by atoms with Crippen molar-refractivity contribution in [1.29, 1.82) is 0 Å². The molecule has 90 valence electrons. The Labute approximate surface area is 102 Å². The third kappa shape index (κ3) is 7.72. The van der Waals surface area contributed by atoms with Gasteiger partial charge in [0.15, 0.2) is 0 Å². The van der Waals surface area contributed by atoms with E-state index in [1.165, 1.54) is 0 Å². The zero-order chi connectivity index (χ0) is 12.7. The first kappa shape index (κ1) is 15.5. The van der Waals surface area contributed by atoms with Crippen LogP contribution in [0.25, 0.3) is 0 Å². The van der Waals surface area contributed by atoms with E-state index in [1.807, 2.05) is 13.8 Å². The van der Waals surface area contributed by atoms with Crippen molar-refractivity contribution >= 4 is 16.6 Å². The minimum atomic E-state index is -1.81. The van der Waals surface area contributed by atoms with Gasteiger partial charge in [-0.25, -0.2) is 0 Å². The molecule has 0 aromatic heterocycles. The molecule has 0 atom stereocenters. The molecule has 0 amide bonds. The van der Waals surface area contributed by atoms with Crippen LogP contribution in [0.4, 0.5) is 0 Å². The van der Waals surface area contributed by atoms with Gasteiger partial charge < -0.3 is 8.85 Å². The van der Waals surface area contributed by atoms with Crippen LogP contribution in [0.3, 0.4) is 0 Å². The smallest absolute Gasteiger partial charge is 0.267 e. The molecule has 0 aliphatic heterocycles. The summed E-state index contributed by atoms with van der Waals surface area (Å²) in [5.74, 6) is 5.81. The maximum absolute atomic E-state index is 5.59. The fourth-order valence-electron chi connectivity index (χ4n) is 1.16. The normalized spacial score (nSPS) is 11.1. The standard InChI is InChI=1S/C12H22O2Si2/c1-7-13-15(3,4)11-9-10-12-16(5,6)14-8-2/h7-8H2,1-6H3. The highest BCUT2D eigenvalue weighted by molar-refractivity contribution is 6.80. The summed E-state index contributed by atoms with van der Waals surface area (Å²) < 4.78 is 11.2. The van der Waals surface area contributed by atoms with Crippen LogP contribution in [0, 0.1) is 22.9 Å². The van der Waals surface area contributed by atoms with E-state index in [1.54, 1.807) is 0 Å². The average molecular weight is 254 g/mol. The lowest BCUT2D eigenvalue weighted by Gasteiger charge is -2.13. The van der Waals surface area contributed by atoms with Crippen molar-refractivity contribution in [3.8, 4) is 22.9 Å². The Bertz CT molecular complexity index is 292. The van der Waals surface area contributed by atoms with Crippen molar-refractivity contribution in [3.63, 3.8) is 0 Å². The molecule has 0 spiro atoms. The second-order valence-corrected chi connectivity index (χ2v) is 11.5. The number of hydrogen-bond donors (Lipinski definition) is 0. The summed E-state index contributed by atoms with van der Waals surface area (Å²) >= 11 is 0. The lowest BCUT2D eigenvalue weighted by Crippen LogP contribution is -2.29. The monoisotopic (exact) mass is 254 g/mol. The van der Waals surface area contributed by atoms with Gasteiger partial charge in [0.2, 0.25) is 0 Å². The first-order valence-electron chi connectivity index (χ1n) is 5.65. The maximum atomic E-state index is 5.59. The minimum absolute atomic E-state index is 0.723. The first-order valence-corrected chi connectivity index (χ1v) is 11.5. The van der Waals surface area contributed by atoms with Crippen LogP contribution in [-0.2, 0) is 8.85 Å². The Kier molecular flexibility index (Phi) is 6.70. The van der Waals surface area contributed by atoms with Gasteiger partial charge in [0, 0.05) is 13.2 Å². The van der Waals surface area contributed by atoms with Crippen molar-refractivity contribution in [1.82, 2.24) is 0 Å². The van der Waals surface area contributed by atoms with Crippen LogP contribution in [0.5, 0.6) is 0 Å². The second kappa shape index (κ2) is 6.93. The zero-order valence-electron chi connectivity index (χ0n) is 11.2. The topological polar surface area (TPSA) is 18.5 Å². The van der Waals surface area contributed by atoms with Crippen molar-refractivity contribution in [2.75, 3.05) is 13.2 Å². The molecule has 0 aliphatic rings.